The molecule has 7 nitrogen and oxygen atoms in total. The lowest BCUT2D eigenvalue weighted by atomic mass is 10.2. The Bertz CT molecular complexity index is 1640. The number of nitrogens with one attached hydrogen (secondary N) is 1. The summed E-state index contributed by atoms with van der Waals surface area (Å²) in [6.45, 7) is 1.80. The fraction of sp³-hybridized carbons (Fsp3) is 0.115. The molecule has 0 aliphatic carbocycles. The molecule has 34 heavy (non-hydrogen) atoms. The number of fused-ring (bicyclic) bond motifs is 3. The molecule has 2 heterocycles. The van der Waals surface area contributed by atoms with Crippen LogP contribution in [0, 0.1) is 6.92 Å². The van der Waals surface area contributed by atoms with Gasteiger partial charge in [-0.25, -0.2) is 9.38 Å². The topological polar surface area (TPSA) is 81.9 Å². The first-order valence-corrected chi connectivity index (χ1v) is 11.4. The molecule has 5 rings (SSSR count). The van der Waals surface area contributed by atoms with E-state index in [0.717, 1.165) is 22.2 Å². The second-order valence-corrected chi connectivity index (χ2v) is 8.76. The van der Waals surface area contributed by atoms with Crippen molar-refractivity contribution in [2.45, 2.75) is 6.92 Å². The van der Waals surface area contributed by atoms with Crippen molar-refractivity contribution in [1.82, 2.24) is 9.38 Å². The highest BCUT2D eigenvalue weighted by Crippen LogP contribution is 2.28. The van der Waals surface area contributed by atoms with Gasteiger partial charge in [-0.3, -0.25) is 9.59 Å². The molecule has 1 N–H and O–H groups in total. The average Bonchev–Trinajstić information content (AvgIpc) is 3.34. The van der Waals surface area contributed by atoms with Gasteiger partial charge in [0.2, 0.25) is 0 Å². The van der Waals surface area contributed by atoms with E-state index in [1.54, 1.807) is 22.6 Å². The van der Waals surface area contributed by atoms with Crippen molar-refractivity contribution < 1.29 is 14.3 Å². The Morgan fingerprint density at radius 1 is 1.09 bits per heavy atom. The molecule has 3 aromatic carbocycles. The number of amides is 1. The van der Waals surface area contributed by atoms with Crippen LogP contribution in [0.5, 0.6) is 11.5 Å². The van der Waals surface area contributed by atoms with Crippen molar-refractivity contribution in [2.75, 3.05) is 19.0 Å². The molecule has 0 spiro atoms. The largest absolute Gasteiger partial charge is 0.493 e. The molecule has 0 fully saturated rings. The number of methoxy groups -OCH3 is 1. The van der Waals surface area contributed by atoms with Crippen LogP contribution >= 0.6 is 11.3 Å². The monoisotopic (exact) mass is 471 g/mol. The third kappa shape index (κ3) is 4.23. The summed E-state index contributed by atoms with van der Waals surface area (Å²) in [5, 5.41) is 2.81. The fourth-order valence-electron chi connectivity index (χ4n) is 3.72. The predicted molar refractivity (Wildman–Crippen MR) is 134 cm³/mol. The van der Waals surface area contributed by atoms with Crippen LogP contribution in [0.1, 0.15) is 11.1 Å². The first-order chi connectivity index (χ1) is 16.5. The molecule has 0 atom stereocenters. The number of aromatic nitrogens is 2. The highest BCUT2D eigenvalue weighted by molar-refractivity contribution is 7.15. The molecule has 0 radical (unpaired) electrons. The van der Waals surface area contributed by atoms with Gasteiger partial charge in [-0.1, -0.05) is 41.7 Å². The predicted octanol–water partition coefficient (Wildman–Crippen LogP) is 3.79. The minimum atomic E-state index is -0.270. The Morgan fingerprint density at radius 2 is 1.94 bits per heavy atom. The number of thiazole rings is 1. The Kier molecular flexibility index (Phi) is 5.73. The Hall–Kier alpha value is -4.17. The molecule has 1 amide bonds. The molecule has 5 aromatic rings. The third-order valence-electron chi connectivity index (χ3n) is 5.29. The maximum atomic E-state index is 13.0. The van der Waals surface area contributed by atoms with E-state index in [4.69, 9.17) is 9.47 Å². The zero-order valence-corrected chi connectivity index (χ0v) is 19.4. The number of rotatable bonds is 6. The number of imidazole rings is 1. The van der Waals surface area contributed by atoms with Gasteiger partial charge in [0.05, 0.1) is 22.7 Å². The van der Waals surface area contributed by atoms with Gasteiger partial charge in [0.15, 0.2) is 23.1 Å². The maximum absolute atomic E-state index is 13.0. The van der Waals surface area contributed by atoms with E-state index in [1.165, 1.54) is 18.4 Å². The number of carbonyl (C=O) groups is 1. The van der Waals surface area contributed by atoms with Crippen molar-refractivity contribution >= 4 is 45.0 Å². The maximum Gasteiger partial charge on any atom is 0.274 e. The van der Waals surface area contributed by atoms with Crippen LogP contribution in [0.15, 0.2) is 71.5 Å². The zero-order valence-electron chi connectivity index (χ0n) is 18.6. The van der Waals surface area contributed by atoms with Crippen molar-refractivity contribution in [3.63, 3.8) is 0 Å². The van der Waals surface area contributed by atoms with Crippen molar-refractivity contribution in [3.05, 3.63) is 92.7 Å². The molecule has 0 saturated heterocycles. The van der Waals surface area contributed by atoms with Gasteiger partial charge in [-0.2, -0.15) is 0 Å². The molecule has 0 unspecified atom stereocenters. The number of nitrogens with zero attached hydrogens (tertiary/aromatic N) is 2. The summed E-state index contributed by atoms with van der Waals surface area (Å²) in [4.78, 5) is 30.4. The molecule has 0 aliphatic rings. The zero-order chi connectivity index (χ0) is 23.7. The number of aryl methyl sites for hydroxylation is 1. The molecular weight excluding hydrogens is 450 g/mol. The Labute approximate surface area is 198 Å². The normalized spacial score (nSPS) is 11.8. The van der Waals surface area contributed by atoms with E-state index in [1.807, 2.05) is 61.5 Å². The van der Waals surface area contributed by atoms with Crippen molar-refractivity contribution in [2.24, 2.45) is 0 Å². The van der Waals surface area contributed by atoms with Gasteiger partial charge in [0, 0.05) is 5.69 Å². The fourth-order valence-corrected chi connectivity index (χ4v) is 4.71. The van der Waals surface area contributed by atoms with E-state index in [-0.39, 0.29) is 18.1 Å². The lowest BCUT2D eigenvalue weighted by Gasteiger charge is -2.11. The number of para-hydroxylation sites is 2. The lowest BCUT2D eigenvalue weighted by Crippen LogP contribution is -2.22. The van der Waals surface area contributed by atoms with Crippen LogP contribution in [0.25, 0.3) is 22.1 Å². The van der Waals surface area contributed by atoms with Gasteiger partial charge in [0.1, 0.15) is 0 Å². The minimum absolute atomic E-state index is 0.110. The van der Waals surface area contributed by atoms with E-state index in [2.05, 4.69) is 10.3 Å². The van der Waals surface area contributed by atoms with Gasteiger partial charge in [-0.15, -0.1) is 0 Å². The Morgan fingerprint density at radius 3 is 2.76 bits per heavy atom. The molecule has 0 saturated carbocycles. The summed E-state index contributed by atoms with van der Waals surface area (Å²) in [5.41, 5.74) is 4.03. The number of anilines is 1. The van der Waals surface area contributed by atoms with Crippen LogP contribution < -0.4 is 24.9 Å². The Balaban J connectivity index is 1.36. The second kappa shape index (κ2) is 8.99. The molecular formula is C26H21N3O4S. The summed E-state index contributed by atoms with van der Waals surface area (Å²) < 4.78 is 13.3. The third-order valence-corrected chi connectivity index (χ3v) is 6.26. The standard InChI is InChI=1S/C26H21N3O4S/c1-16-6-5-7-18(12-16)27-24(30)15-33-21-11-10-17(13-22(21)32-2)14-23-25(31)29-20-9-4-3-8-19(20)28-26(29)34-23/h3-14H,15H2,1-2H3,(H,27,30)/b23-14+. The van der Waals surface area contributed by atoms with Gasteiger partial charge >= 0.3 is 0 Å². The SMILES string of the molecule is COc1cc(/C=c2/sc3nc4ccccc4n3c2=O)ccc1OCC(=O)Nc1cccc(C)c1. The van der Waals surface area contributed by atoms with E-state index in [9.17, 15) is 9.59 Å². The summed E-state index contributed by atoms with van der Waals surface area (Å²) in [5.74, 6) is 0.637. The minimum Gasteiger partial charge on any atom is -0.493 e. The van der Waals surface area contributed by atoms with Crippen molar-refractivity contribution in [1.29, 1.82) is 0 Å². The number of ether oxygens (including phenoxy) is 2. The molecule has 2 aromatic heterocycles. The van der Waals surface area contributed by atoms with Crippen LogP contribution in [0.2, 0.25) is 0 Å². The highest BCUT2D eigenvalue weighted by atomic mass is 32.1. The number of hydrogen-bond acceptors (Lipinski definition) is 6. The smallest absolute Gasteiger partial charge is 0.274 e. The van der Waals surface area contributed by atoms with Crippen LogP contribution in [-0.2, 0) is 4.79 Å². The molecule has 8 heteroatoms. The number of benzene rings is 3. The van der Waals surface area contributed by atoms with Crippen LogP contribution in [0.3, 0.4) is 0 Å². The van der Waals surface area contributed by atoms with E-state index >= 15 is 0 Å². The lowest BCUT2D eigenvalue weighted by molar-refractivity contribution is -0.118. The average molecular weight is 472 g/mol. The van der Waals surface area contributed by atoms with E-state index < -0.39 is 0 Å². The summed E-state index contributed by atoms with van der Waals surface area (Å²) in [6, 6.07) is 20.4. The summed E-state index contributed by atoms with van der Waals surface area (Å²) >= 11 is 1.34. The first kappa shape index (κ1) is 21.7. The number of carbonyl (C=O) groups excluding carboxylic acids is 1. The summed E-state index contributed by atoms with van der Waals surface area (Å²) in [6.07, 6.45) is 1.80. The molecule has 0 aliphatic heterocycles. The quantitative estimate of drug-likeness (QED) is 0.408. The second-order valence-electron chi connectivity index (χ2n) is 7.75. The van der Waals surface area contributed by atoms with Crippen LogP contribution in [-0.4, -0.2) is 29.0 Å². The van der Waals surface area contributed by atoms with Gasteiger partial charge in [-0.05, 0) is 60.5 Å². The molecule has 0 bridgehead atoms. The number of hydrogen-bond donors (Lipinski definition) is 1. The highest BCUT2D eigenvalue weighted by Gasteiger charge is 2.12. The first-order valence-electron chi connectivity index (χ1n) is 10.6. The van der Waals surface area contributed by atoms with Gasteiger partial charge in [0.25, 0.3) is 11.5 Å². The van der Waals surface area contributed by atoms with Crippen LogP contribution in [0.4, 0.5) is 5.69 Å². The van der Waals surface area contributed by atoms with Gasteiger partial charge < -0.3 is 14.8 Å². The molecule has 170 valence electrons. The van der Waals surface area contributed by atoms with Crippen molar-refractivity contribution in [3.8, 4) is 11.5 Å². The van der Waals surface area contributed by atoms with E-state index in [0.29, 0.717) is 26.7 Å². The summed E-state index contributed by atoms with van der Waals surface area (Å²) in [7, 11) is 1.53.